The molecule has 4 nitrogen and oxygen atoms in total. The van der Waals surface area contributed by atoms with Crippen molar-refractivity contribution in [3.63, 3.8) is 0 Å². The van der Waals surface area contributed by atoms with E-state index >= 15 is 0 Å². The molecule has 0 bridgehead atoms. The standard InChI is InChI=1S/C21H16Cl2N2O2/c22-16-6-8-18(9-7-16)24-13-15-4-10-20(11-5-15)27-14-21(26)25-19-3-1-2-17(23)12-19/h1-13H,14H2,(H,25,26). The van der Waals surface area contributed by atoms with Crippen molar-refractivity contribution in [2.45, 2.75) is 0 Å². The summed E-state index contributed by atoms with van der Waals surface area (Å²) in [6.07, 6.45) is 1.75. The van der Waals surface area contributed by atoms with Crippen LogP contribution in [0.2, 0.25) is 10.0 Å². The SMILES string of the molecule is O=C(COc1ccc(C=Nc2ccc(Cl)cc2)cc1)Nc1cccc(Cl)c1. The molecule has 0 aliphatic heterocycles. The third-order valence-corrected chi connectivity index (χ3v) is 4.03. The third kappa shape index (κ3) is 6.13. The summed E-state index contributed by atoms with van der Waals surface area (Å²) in [7, 11) is 0. The van der Waals surface area contributed by atoms with E-state index in [1.165, 1.54) is 0 Å². The zero-order valence-electron chi connectivity index (χ0n) is 14.2. The van der Waals surface area contributed by atoms with E-state index in [0.717, 1.165) is 11.3 Å². The number of carbonyl (C=O) groups excluding carboxylic acids is 1. The highest BCUT2D eigenvalue weighted by molar-refractivity contribution is 6.31. The van der Waals surface area contributed by atoms with Crippen molar-refractivity contribution < 1.29 is 9.53 Å². The molecule has 0 radical (unpaired) electrons. The summed E-state index contributed by atoms with van der Waals surface area (Å²) < 4.78 is 5.50. The summed E-state index contributed by atoms with van der Waals surface area (Å²) >= 11 is 11.7. The Labute approximate surface area is 167 Å². The minimum absolute atomic E-state index is 0.0925. The summed E-state index contributed by atoms with van der Waals surface area (Å²) in [6.45, 7) is -0.0925. The van der Waals surface area contributed by atoms with E-state index in [4.69, 9.17) is 27.9 Å². The first-order valence-electron chi connectivity index (χ1n) is 8.16. The number of nitrogens with one attached hydrogen (secondary N) is 1. The van der Waals surface area contributed by atoms with Crippen LogP contribution in [0.15, 0.2) is 77.8 Å². The van der Waals surface area contributed by atoms with Gasteiger partial charge in [0, 0.05) is 21.9 Å². The van der Waals surface area contributed by atoms with Crippen LogP contribution < -0.4 is 10.1 Å². The van der Waals surface area contributed by atoms with Crippen LogP contribution in [0.4, 0.5) is 11.4 Å². The van der Waals surface area contributed by atoms with Crippen LogP contribution in [-0.4, -0.2) is 18.7 Å². The summed E-state index contributed by atoms with van der Waals surface area (Å²) in [5, 5.41) is 3.96. The van der Waals surface area contributed by atoms with Gasteiger partial charge in [0.05, 0.1) is 5.69 Å². The Morgan fingerprint density at radius 3 is 2.41 bits per heavy atom. The van der Waals surface area contributed by atoms with Crippen LogP contribution in [0.1, 0.15) is 5.56 Å². The quantitative estimate of drug-likeness (QED) is 0.536. The molecule has 3 aromatic carbocycles. The fraction of sp³-hybridized carbons (Fsp3) is 0.0476. The highest BCUT2D eigenvalue weighted by Crippen LogP contribution is 2.17. The summed E-state index contributed by atoms with van der Waals surface area (Å²) in [6, 6.07) is 21.5. The van der Waals surface area contributed by atoms with Gasteiger partial charge in [-0.05, 0) is 72.3 Å². The number of carbonyl (C=O) groups is 1. The largest absolute Gasteiger partial charge is 0.484 e. The number of hydrogen-bond acceptors (Lipinski definition) is 3. The second-order valence-electron chi connectivity index (χ2n) is 5.65. The Balaban J connectivity index is 1.51. The van der Waals surface area contributed by atoms with Crippen LogP contribution in [-0.2, 0) is 4.79 Å². The zero-order chi connectivity index (χ0) is 19.1. The molecular weight excluding hydrogens is 383 g/mol. The van der Waals surface area contributed by atoms with Gasteiger partial charge in [0.2, 0.25) is 0 Å². The van der Waals surface area contributed by atoms with Crippen molar-refractivity contribution in [3.05, 3.63) is 88.4 Å². The van der Waals surface area contributed by atoms with Crippen molar-refractivity contribution in [1.29, 1.82) is 0 Å². The molecule has 0 aliphatic rings. The van der Waals surface area contributed by atoms with Crippen molar-refractivity contribution >= 4 is 46.7 Å². The Bertz CT molecular complexity index is 939. The minimum Gasteiger partial charge on any atom is -0.484 e. The van der Waals surface area contributed by atoms with Crippen LogP contribution in [0.5, 0.6) is 5.75 Å². The predicted molar refractivity (Wildman–Crippen MR) is 111 cm³/mol. The molecule has 1 amide bonds. The Morgan fingerprint density at radius 2 is 1.70 bits per heavy atom. The van der Waals surface area contributed by atoms with Crippen LogP contribution in [0.3, 0.4) is 0 Å². The molecule has 0 saturated carbocycles. The molecule has 0 aliphatic carbocycles. The number of ether oxygens (including phenoxy) is 1. The lowest BCUT2D eigenvalue weighted by molar-refractivity contribution is -0.118. The number of nitrogens with zero attached hydrogens (tertiary/aromatic N) is 1. The lowest BCUT2D eigenvalue weighted by Gasteiger charge is -2.08. The number of benzene rings is 3. The molecule has 27 heavy (non-hydrogen) atoms. The molecule has 136 valence electrons. The number of aliphatic imine (C=N–C) groups is 1. The molecular formula is C21H16Cl2N2O2. The number of anilines is 1. The van der Waals surface area contributed by atoms with Gasteiger partial charge in [0.1, 0.15) is 5.75 Å². The Kier molecular flexibility index (Phi) is 6.47. The number of halogens is 2. The number of rotatable bonds is 6. The third-order valence-electron chi connectivity index (χ3n) is 3.55. The van der Waals surface area contributed by atoms with E-state index in [9.17, 15) is 4.79 Å². The highest BCUT2D eigenvalue weighted by atomic mass is 35.5. The molecule has 0 fully saturated rings. The average Bonchev–Trinajstić information content (AvgIpc) is 2.67. The van der Waals surface area contributed by atoms with Gasteiger partial charge in [-0.3, -0.25) is 9.79 Å². The van der Waals surface area contributed by atoms with E-state index in [2.05, 4.69) is 10.3 Å². The van der Waals surface area contributed by atoms with Gasteiger partial charge in [0.25, 0.3) is 5.91 Å². The lowest BCUT2D eigenvalue weighted by atomic mass is 10.2. The van der Waals surface area contributed by atoms with Gasteiger partial charge < -0.3 is 10.1 Å². The fourth-order valence-electron chi connectivity index (χ4n) is 2.24. The van der Waals surface area contributed by atoms with Crippen LogP contribution >= 0.6 is 23.2 Å². The van der Waals surface area contributed by atoms with Gasteiger partial charge in [-0.1, -0.05) is 29.3 Å². The maximum Gasteiger partial charge on any atom is 0.262 e. The maximum atomic E-state index is 11.9. The topological polar surface area (TPSA) is 50.7 Å². The van der Waals surface area contributed by atoms with E-state index < -0.39 is 0 Å². The van der Waals surface area contributed by atoms with E-state index in [1.54, 1.807) is 54.7 Å². The van der Waals surface area contributed by atoms with Crippen molar-refractivity contribution in [3.8, 4) is 5.75 Å². The number of amides is 1. The molecule has 3 rings (SSSR count). The van der Waals surface area contributed by atoms with Gasteiger partial charge in [-0.15, -0.1) is 0 Å². The second kappa shape index (κ2) is 9.21. The molecule has 0 spiro atoms. The minimum atomic E-state index is -0.259. The van der Waals surface area contributed by atoms with Gasteiger partial charge in [0.15, 0.2) is 6.61 Å². The zero-order valence-corrected chi connectivity index (χ0v) is 15.7. The second-order valence-corrected chi connectivity index (χ2v) is 6.52. The first-order chi connectivity index (χ1) is 13.1. The molecule has 0 unspecified atom stereocenters. The molecule has 0 atom stereocenters. The van der Waals surface area contributed by atoms with E-state index in [0.29, 0.717) is 21.5 Å². The molecule has 6 heteroatoms. The fourth-order valence-corrected chi connectivity index (χ4v) is 2.55. The number of hydrogen-bond donors (Lipinski definition) is 1. The van der Waals surface area contributed by atoms with E-state index in [-0.39, 0.29) is 12.5 Å². The van der Waals surface area contributed by atoms with Gasteiger partial charge in [-0.2, -0.15) is 0 Å². The lowest BCUT2D eigenvalue weighted by Crippen LogP contribution is -2.20. The molecule has 1 N–H and O–H groups in total. The highest BCUT2D eigenvalue weighted by Gasteiger charge is 2.04. The Morgan fingerprint density at radius 1 is 0.963 bits per heavy atom. The molecule has 3 aromatic rings. The van der Waals surface area contributed by atoms with Crippen molar-refractivity contribution in [1.82, 2.24) is 0 Å². The predicted octanol–water partition coefficient (Wildman–Crippen LogP) is 5.76. The van der Waals surface area contributed by atoms with Crippen molar-refractivity contribution in [2.75, 3.05) is 11.9 Å². The molecule has 0 heterocycles. The first-order valence-corrected chi connectivity index (χ1v) is 8.92. The molecule has 0 aromatic heterocycles. The summed E-state index contributed by atoms with van der Waals surface area (Å²) in [5.41, 5.74) is 2.36. The van der Waals surface area contributed by atoms with Crippen LogP contribution in [0.25, 0.3) is 0 Å². The van der Waals surface area contributed by atoms with E-state index in [1.807, 2.05) is 24.3 Å². The first kappa shape index (κ1) is 19.0. The maximum absolute atomic E-state index is 11.9. The normalized spacial score (nSPS) is 10.7. The van der Waals surface area contributed by atoms with Gasteiger partial charge in [-0.25, -0.2) is 0 Å². The monoisotopic (exact) mass is 398 g/mol. The van der Waals surface area contributed by atoms with Gasteiger partial charge >= 0.3 is 0 Å². The summed E-state index contributed by atoms with van der Waals surface area (Å²) in [4.78, 5) is 16.3. The Hall–Kier alpha value is -2.82. The smallest absolute Gasteiger partial charge is 0.262 e. The van der Waals surface area contributed by atoms with Crippen molar-refractivity contribution in [2.24, 2.45) is 4.99 Å². The molecule has 0 saturated heterocycles. The van der Waals surface area contributed by atoms with Crippen LogP contribution in [0, 0.1) is 0 Å². The summed E-state index contributed by atoms with van der Waals surface area (Å²) in [5.74, 6) is 0.338. The average molecular weight is 399 g/mol.